The van der Waals surface area contributed by atoms with Crippen LogP contribution in [0.3, 0.4) is 0 Å². The van der Waals surface area contributed by atoms with Crippen LogP contribution in [0, 0.1) is 5.92 Å². The first-order valence-corrected chi connectivity index (χ1v) is 8.74. The van der Waals surface area contributed by atoms with Crippen molar-refractivity contribution in [2.75, 3.05) is 7.05 Å². The van der Waals surface area contributed by atoms with Crippen LogP contribution in [0.25, 0.3) is 6.08 Å². The van der Waals surface area contributed by atoms with E-state index in [-0.39, 0.29) is 0 Å². The Kier molecular flexibility index (Phi) is 5.00. The molecule has 1 N–H and O–H groups in total. The first kappa shape index (κ1) is 15.3. The zero-order valence-corrected chi connectivity index (χ0v) is 12.9. The van der Waals surface area contributed by atoms with Gasteiger partial charge in [-0.05, 0) is 42.6 Å². The molecule has 2 rings (SSSR count). The van der Waals surface area contributed by atoms with Crippen LogP contribution in [0.5, 0.6) is 0 Å². The average Bonchev–Trinajstić information content (AvgIpc) is 2.48. The van der Waals surface area contributed by atoms with Crippen LogP contribution in [0.4, 0.5) is 0 Å². The van der Waals surface area contributed by atoms with Gasteiger partial charge in [-0.3, -0.25) is 0 Å². The molecule has 1 aromatic rings. The van der Waals surface area contributed by atoms with Gasteiger partial charge in [-0.1, -0.05) is 50.8 Å². The molecule has 110 valence electrons. The molecule has 0 unspecified atom stereocenters. The Bertz CT molecular complexity index is 572. The minimum Gasteiger partial charge on any atom is -0.214 e. The fourth-order valence-corrected chi connectivity index (χ4v) is 3.70. The molecule has 0 bridgehead atoms. The number of nitrogens with one attached hydrogen (secondary N) is 1. The van der Waals surface area contributed by atoms with Gasteiger partial charge in [0, 0.05) is 0 Å². The molecule has 0 spiro atoms. The monoisotopic (exact) mass is 293 g/mol. The minimum atomic E-state index is -3.38. The maximum atomic E-state index is 11.8. The standard InChI is InChI=1S/C16H23NO2S/c1-3-14-12-16(20(18,19)17-2)10-9-15(14)11-13-7-5-4-6-8-13/h3,9-10,12-13,17H,1,4-8,11H2,2H3. The molecule has 4 heteroatoms. The highest BCUT2D eigenvalue weighted by Gasteiger charge is 2.17. The lowest BCUT2D eigenvalue weighted by Gasteiger charge is -2.22. The van der Waals surface area contributed by atoms with Crippen molar-refractivity contribution in [3.8, 4) is 0 Å². The van der Waals surface area contributed by atoms with Crippen molar-refractivity contribution in [3.63, 3.8) is 0 Å². The summed E-state index contributed by atoms with van der Waals surface area (Å²) in [4.78, 5) is 0.308. The van der Waals surface area contributed by atoms with Crippen molar-refractivity contribution in [3.05, 3.63) is 35.9 Å². The Labute approximate surface area is 122 Å². The second-order valence-corrected chi connectivity index (χ2v) is 7.37. The molecule has 0 radical (unpaired) electrons. The van der Waals surface area contributed by atoms with Gasteiger partial charge in [-0.25, -0.2) is 13.1 Å². The molecule has 0 saturated heterocycles. The summed E-state index contributed by atoms with van der Waals surface area (Å²) in [6.07, 6.45) is 9.35. The van der Waals surface area contributed by atoms with E-state index in [0.29, 0.717) is 4.90 Å². The maximum Gasteiger partial charge on any atom is 0.240 e. The first-order valence-electron chi connectivity index (χ1n) is 7.25. The number of rotatable bonds is 5. The Morgan fingerprint density at radius 1 is 1.30 bits per heavy atom. The molecule has 0 atom stereocenters. The summed E-state index contributed by atoms with van der Waals surface area (Å²) in [5, 5.41) is 0. The second kappa shape index (κ2) is 6.55. The lowest BCUT2D eigenvalue weighted by Crippen LogP contribution is -2.19. The van der Waals surface area contributed by atoms with E-state index in [0.717, 1.165) is 17.9 Å². The third-order valence-corrected chi connectivity index (χ3v) is 5.56. The second-order valence-electron chi connectivity index (χ2n) is 5.48. The molecular formula is C16H23NO2S. The molecule has 1 aliphatic carbocycles. The molecule has 1 aromatic carbocycles. The van der Waals surface area contributed by atoms with Gasteiger partial charge in [0.15, 0.2) is 0 Å². The molecule has 0 aromatic heterocycles. The van der Waals surface area contributed by atoms with Crippen LogP contribution in [0.2, 0.25) is 0 Å². The van der Waals surface area contributed by atoms with Crippen molar-refractivity contribution in [2.45, 2.75) is 43.4 Å². The van der Waals surface area contributed by atoms with Crippen LogP contribution in [0.15, 0.2) is 29.7 Å². The Morgan fingerprint density at radius 3 is 2.60 bits per heavy atom. The molecule has 0 heterocycles. The topological polar surface area (TPSA) is 46.2 Å². The summed E-state index contributed by atoms with van der Waals surface area (Å²) < 4.78 is 26.0. The van der Waals surface area contributed by atoms with Gasteiger partial charge >= 0.3 is 0 Å². The Morgan fingerprint density at radius 2 is 2.00 bits per heavy atom. The van der Waals surface area contributed by atoms with E-state index in [2.05, 4.69) is 11.3 Å². The molecule has 0 amide bonds. The van der Waals surface area contributed by atoms with E-state index in [1.54, 1.807) is 18.2 Å². The molecule has 3 nitrogen and oxygen atoms in total. The van der Waals surface area contributed by atoms with Crippen LogP contribution in [0.1, 0.15) is 43.2 Å². The largest absolute Gasteiger partial charge is 0.240 e. The Balaban J connectivity index is 2.24. The third-order valence-electron chi connectivity index (χ3n) is 4.15. The van der Waals surface area contributed by atoms with Gasteiger partial charge in [0.05, 0.1) is 4.90 Å². The fourth-order valence-electron chi connectivity index (χ4n) is 2.94. The van der Waals surface area contributed by atoms with Crippen molar-refractivity contribution < 1.29 is 8.42 Å². The summed E-state index contributed by atoms with van der Waals surface area (Å²) in [7, 11) is -1.95. The third kappa shape index (κ3) is 3.49. The number of hydrogen-bond acceptors (Lipinski definition) is 2. The smallest absolute Gasteiger partial charge is 0.214 e. The highest BCUT2D eigenvalue weighted by molar-refractivity contribution is 7.89. The Hall–Kier alpha value is -1.13. The fraction of sp³-hybridized carbons (Fsp3) is 0.500. The highest BCUT2D eigenvalue weighted by Crippen LogP contribution is 2.29. The molecule has 1 saturated carbocycles. The number of hydrogen-bond donors (Lipinski definition) is 1. The zero-order chi connectivity index (χ0) is 14.6. The first-order chi connectivity index (χ1) is 9.56. The summed E-state index contributed by atoms with van der Waals surface area (Å²) in [5.41, 5.74) is 2.15. The van der Waals surface area contributed by atoms with Crippen LogP contribution in [-0.4, -0.2) is 15.5 Å². The predicted octanol–water partition coefficient (Wildman–Crippen LogP) is 3.36. The maximum absolute atomic E-state index is 11.8. The van der Waals surface area contributed by atoms with Gasteiger partial charge in [0.25, 0.3) is 0 Å². The normalized spacial score (nSPS) is 17.1. The van der Waals surface area contributed by atoms with Gasteiger partial charge in [-0.15, -0.1) is 0 Å². The van der Waals surface area contributed by atoms with Crippen LogP contribution < -0.4 is 4.72 Å². The lowest BCUT2D eigenvalue weighted by molar-refractivity contribution is 0.356. The SMILES string of the molecule is C=Cc1cc(S(=O)(=O)NC)ccc1CC1CCCCC1. The van der Waals surface area contributed by atoms with E-state index in [1.165, 1.54) is 44.7 Å². The summed E-state index contributed by atoms with van der Waals surface area (Å²) in [5.74, 6) is 0.731. The summed E-state index contributed by atoms with van der Waals surface area (Å²) in [6, 6.07) is 5.35. The van der Waals surface area contributed by atoms with Crippen molar-refractivity contribution >= 4 is 16.1 Å². The van der Waals surface area contributed by atoms with E-state index in [1.807, 2.05) is 6.07 Å². The van der Waals surface area contributed by atoms with E-state index < -0.39 is 10.0 Å². The molecule has 1 fully saturated rings. The number of sulfonamides is 1. The highest BCUT2D eigenvalue weighted by atomic mass is 32.2. The minimum absolute atomic E-state index is 0.308. The van der Waals surface area contributed by atoms with E-state index in [9.17, 15) is 8.42 Å². The van der Waals surface area contributed by atoms with Gasteiger partial charge < -0.3 is 0 Å². The predicted molar refractivity (Wildman–Crippen MR) is 83.1 cm³/mol. The quantitative estimate of drug-likeness (QED) is 0.905. The van der Waals surface area contributed by atoms with Gasteiger partial charge in [0.1, 0.15) is 0 Å². The van der Waals surface area contributed by atoms with E-state index >= 15 is 0 Å². The van der Waals surface area contributed by atoms with Crippen molar-refractivity contribution in [2.24, 2.45) is 5.92 Å². The molecule has 1 aliphatic rings. The van der Waals surface area contributed by atoms with Crippen molar-refractivity contribution in [1.82, 2.24) is 4.72 Å². The van der Waals surface area contributed by atoms with Crippen LogP contribution >= 0.6 is 0 Å². The van der Waals surface area contributed by atoms with E-state index in [4.69, 9.17) is 0 Å². The summed E-state index contributed by atoms with van der Waals surface area (Å²) in [6.45, 7) is 3.82. The average molecular weight is 293 g/mol. The molecule has 20 heavy (non-hydrogen) atoms. The zero-order valence-electron chi connectivity index (χ0n) is 12.1. The molecular weight excluding hydrogens is 270 g/mol. The van der Waals surface area contributed by atoms with Crippen molar-refractivity contribution in [1.29, 1.82) is 0 Å². The number of benzene rings is 1. The van der Waals surface area contributed by atoms with Crippen LogP contribution in [-0.2, 0) is 16.4 Å². The summed E-state index contributed by atoms with van der Waals surface area (Å²) >= 11 is 0. The van der Waals surface area contributed by atoms with Gasteiger partial charge in [0.2, 0.25) is 10.0 Å². The molecule has 0 aliphatic heterocycles. The lowest BCUT2D eigenvalue weighted by atomic mass is 9.84. The van der Waals surface area contributed by atoms with Gasteiger partial charge in [-0.2, -0.15) is 0 Å².